The van der Waals surface area contributed by atoms with E-state index in [0.29, 0.717) is 6.04 Å². The van der Waals surface area contributed by atoms with Crippen LogP contribution in [0.15, 0.2) is 18.2 Å². The van der Waals surface area contributed by atoms with Gasteiger partial charge in [0.25, 0.3) is 0 Å². The Hall–Kier alpha value is -1.02. The van der Waals surface area contributed by atoms with Gasteiger partial charge in [-0.25, -0.2) is 0 Å². The lowest BCUT2D eigenvalue weighted by Crippen LogP contribution is -2.25. The zero-order valence-electron chi connectivity index (χ0n) is 11.4. The fraction of sp³-hybridized carbons (Fsp3) is 0.625. The first kappa shape index (κ1) is 12.0. The quantitative estimate of drug-likeness (QED) is 0.859. The van der Waals surface area contributed by atoms with E-state index >= 15 is 0 Å². The van der Waals surface area contributed by atoms with Crippen molar-refractivity contribution in [1.82, 2.24) is 5.32 Å². The third-order valence-electron chi connectivity index (χ3n) is 4.54. The summed E-state index contributed by atoms with van der Waals surface area (Å²) in [5, 5.41) is 3.75. The summed E-state index contributed by atoms with van der Waals surface area (Å²) in [6, 6.07) is 7.05. The lowest BCUT2D eigenvalue weighted by molar-refractivity contribution is 0.408. The molecule has 1 aromatic rings. The van der Waals surface area contributed by atoms with Crippen molar-refractivity contribution in [2.45, 2.75) is 38.6 Å². The molecule has 3 rings (SSSR count). The van der Waals surface area contributed by atoms with Gasteiger partial charge < -0.3 is 10.1 Å². The highest BCUT2D eigenvalue weighted by Crippen LogP contribution is 2.37. The number of methoxy groups -OCH3 is 1. The summed E-state index contributed by atoms with van der Waals surface area (Å²) >= 11 is 0. The molecule has 2 atom stereocenters. The van der Waals surface area contributed by atoms with Crippen LogP contribution in [0.2, 0.25) is 0 Å². The van der Waals surface area contributed by atoms with E-state index in [9.17, 15) is 0 Å². The molecule has 18 heavy (non-hydrogen) atoms. The summed E-state index contributed by atoms with van der Waals surface area (Å²) in [4.78, 5) is 0. The molecule has 0 radical (unpaired) electrons. The average molecular weight is 245 g/mol. The Morgan fingerprint density at radius 3 is 2.89 bits per heavy atom. The van der Waals surface area contributed by atoms with E-state index in [1.807, 2.05) is 0 Å². The normalized spacial score (nSPS) is 23.8. The summed E-state index contributed by atoms with van der Waals surface area (Å²) in [5.41, 5.74) is 2.95. The monoisotopic (exact) mass is 245 g/mol. The van der Waals surface area contributed by atoms with Crippen LogP contribution in [0.4, 0.5) is 0 Å². The second kappa shape index (κ2) is 4.93. The molecule has 0 heterocycles. The first-order chi connectivity index (χ1) is 8.78. The molecule has 0 aromatic heterocycles. The zero-order chi connectivity index (χ0) is 12.5. The van der Waals surface area contributed by atoms with Crippen molar-refractivity contribution in [3.05, 3.63) is 29.3 Å². The van der Waals surface area contributed by atoms with Gasteiger partial charge in [-0.2, -0.15) is 0 Å². The number of ether oxygens (including phenoxy) is 1. The van der Waals surface area contributed by atoms with Gasteiger partial charge in [0.15, 0.2) is 0 Å². The van der Waals surface area contributed by atoms with Crippen LogP contribution in [0, 0.1) is 11.8 Å². The molecule has 98 valence electrons. The smallest absolute Gasteiger partial charge is 0.119 e. The predicted molar refractivity (Wildman–Crippen MR) is 73.9 cm³/mol. The summed E-state index contributed by atoms with van der Waals surface area (Å²) in [5.74, 6) is 2.81. The van der Waals surface area contributed by atoms with Crippen LogP contribution in [-0.2, 0) is 6.42 Å². The van der Waals surface area contributed by atoms with Crippen LogP contribution in [0.25, 0.3) is 0 Å². The molecule has 1 saturated carbocycles. The zero-order valence-corrected chi connectivity index (χ0v) is 11.4. The van der Waals surface area contributed by atoms with Crippen molar-refractivity contribution in [3.63, 3.8) is 0 Å². The molecule has 0 aliphatic heterocycles. The fourth-order valence-electron chi connectivity index (χ4n) is 3.08. The molecular formula is C16H23NO. The van der Waals surface area contributed by atoms with Gasteiger partial charge in [0.1, 0.15) is 5.75 Å². The molecule has 0 bridgehead atoms. The summed E-state index contributed by atoms with van der Waals surface area (Å²) in [6.07, 6.45) is 5.32. The second-order valence-electron chi connectivity index (χ2n) is 5.88. The van der Waals surface area contributed by atoms with Gasteiger partial charge in [-0.3, -0.25) is 0 Å². The third kappa shape index (κ3) is 2.39. The Morgan fingerprint density at radius 2 is 2.17 bits per heavy atom. The minimum Gasteiger partial charge on any atom is -0.497 e. The molecule has 2 aliphatic rings. The van der Waals surface area contributed by atoms with Crippen LogP contribution < -0.4 is 10.1 Å². The molecule has 0 amide bonds. The van der Waals surface area contributed by atoms with E-state index in [1.54, 1.807) is 7.11 Å². The maximum absolute atomic E-state index is 5.33. The Labute approximate surface area is 110 Å². The van der Waals surface area contributed by atoms with Gasteiger partial charge in [-0.1, -0.05) is 13.0 Å². The molecule has 2 unspecified atom stereocenters. The van der Waals surface area contributed by atoms with E-state index in [0.717, 1.165) is 24.1 Å². The van der Waals surface area contributed by atoms with Crippen molar-refractivity contribution in [2.24, 2.45) is 11.8 Å². The third-order valence-corrected chi connectivity index (χ3v) is 4.54. The number of benzene rings is 1. The lowest BCUT2D eigenvalue weighted by Gasteiger charge is -2.18. The standard InChI is InChI=1S/C16H23NO/c1-11(12-3-4-12)10-17-16-8-6-13-5-7-14(18-2)9-15(13)16/h5,7,9,11-12,16-17H,3-4,6,8,10H2,1-2H3. The fourth-order valence-corrected chi connectivity index (χ4v) is 3.08. The van der Waals surface area contributed by atoms with E-state index in [4.69, 9.17) is 4.74 Å². The van der Waals surface area contributed by atoms with E-state index in [2.05, 4.69) is 30.4 Å². The van der Waals surface area contributed by atoms with Gasteiger partial charge in [-0.05, 0) is 67.3 Å². The van der Waals surface area contributed by atoms with Gasteiger partial charge in [-0.15, -0.1) is 0 Å². The van der Waals surface area contributed by atoms with Crippen LogP contribution in [0.3, 0.4) is 0 Å². The minimum atomic E-state index is 0.538. The highest BCUT2D eigenvalue weighted by molar-refractivity contribution is 5.40. The predicted octanol–water partition coefficient (Wildman–Crippen LogP) is 3.32. The molecule has 2 heteroatoms. The number of hydrogen-bond acceptors (Lipinski definition) is 2. The number of rotatable bonds is 5. The van der Waals surface area contributed by atoms with Crippen LogP contribution in [0.1, 0.15) is 43.4 Å². The van der Waals surface area contributed by atoms with Gasteiger partial charge in [0.05, 0.1) is 7.11 Å². The largest absolute Gasteiger partial charge is 0.497 e. The highest BCUT2D eigenvalue weighted by Gasteiger charge is 2.29. The number of hydrogen-bond donors (Lipinski definition) is 1. The van der Waals surface area contributed by atoms with Crippen LogP contribution >= 0.6 is 0 Å². The van der Waals surface area contributed by atoms with Crippen molar-refractivity contribution in [1.29, 1.82) is 0 Å². The summed E-state index contributed by atoms with van der Waals surface area (Å²) in [6.45, 7) is 3.54. The van der Waals surface area contributed by atoms with E-state index in [1.165, 1.54) is 36.8 Å². The molecule has 1 fully saturated rings. The maximum Gasteiger partial charge on any atom is 0.119 e. The second-order valence-corrected chi connectivity index (χ2v) is 5.88. The first-order valence-electron chi connectivity index (χ1n) is 7.18. The summed E-state index contributed by atoms with van der Waals surface area (Å²) < 4.78 is 5.33. The Bertz CT molecular complexity index is 425. The van der Waals surface area contributed by atoms with Crippen molar-refractivity contribution >= 4 is 0 Å². The van der Waals surface area contributed by atoms with E-state index in [-0.39, 0.29) is 0 Å². The van der Waals surface area contributed by atoms with Gasteiger partial charge in [0, 0.05) is 6.04 Å². The topological polar surface area (TPSA) is 21.3 Å². The number of nitrogens with one attached hydrogen (secondary N) is 1. The highest BCUT2D eigenvalue weighted by atomic mass is 16.5. The first-order valence-corrected chi connectivity index (χ1v) is 7.18. The molecule has 1 aromatic carbocycles. The van der Waals surface area contributed by atoms with Crippen LogP contribution in [0.5, 0.6) is 5.75 Å². The lowest BCUT2D eigenvalue weighted by atomic mass is 10.0. The minimum absolute atomic E-state index is 0.538. The Balaban J connectivity index is 1.65. The molecule has 0 saturated heterocycles. The summed E-state index contributed by atoms with van der Waals surface area (Å²) in [7, 11) is 1.74. The molecular weight excluding hydrogens is 222 g/mol. The Kier molecular flexibility index (Phi) is 3.29. The molecule has 1 N–H and O–H groups in total. The SMILES string of the molecule is COc1ccc2c(c1)C(NCC(C)C1CC1)CC2. The number of aryl methyl sites for hydroxylation is 1. The van der Waals surface area contributed by atoms with Crippen molar-refractivity contribution in [3.8, 4) is 5.75 Å². The van der Waals surface area contributed by atoms with Crippen LogP contribution in [-0.4, -0.2) is 13.7 Å². The molecule has 2 nitrogen and oxygen atoms in total. The van der Waals surface area contributed by atoms with Crippen molar-refractivity contribution in [2.75, 3.05) is 13.7 Å². The number of fused-ring (bicyclic) bond motifs is 1. The molecule has 0 spiro atoms. The van der Waals surface area contributed by atoms with E-state index < -0.39 is 0 Å². The Morgan fingerprint density at radius 1 is 1.33 bits per heavy atom. The van der Waals surface area contributed by atoms with Gasteiger partial charge in [0.2, 0.25) is 0 Å². The molecule has 2 aliphatic carbocycles. The average Bonchev–Trinajstić information content (AvgIpc) is 3.17. The van der Waals surface area contributed by atoms with Crippen molar-refractivity contribution < 1.29 is 4.74 Å². The van der Waals surface area contributed by atoms with Gasteiger partial charge >= 0.3 is 0 Å². The maximum atomic E-state index is 5.33.